The van der Waals surface area contributed by atoms with Gasteiger partial charge in [0.1, 0.15) is 6.04 Å². The summed E-state index contributed by atoms with van der Waals surface area (Å²) in [4.78, 5) is 14.8. The van der Waals surface area contributed by atoms with Crippen LogP contribution in [0.1, 0.15) is 19.8 Å². The Labute approximate surface area is 159 Å². The number of benzene rings is 1. The summed E-state index contributed by atoms with van der Waals surface area (Å²) in [5.74, 6) is -0.351. The molecule has 2 rings (SSSR count). The fourth-order valence-corrected chi connectivity index (χ4v) is 4.51. The Morgan fingerprint density at radius 1 is 1.32 bits per heavy atom. The Balaban J connectivity index is 2.23. The van der Waals surface area contributed by atoms with Gasteiger partial charge in [0.15, 0.2) is 0 Å². The van der Waals surface area contributed by atoms with Crippen LogP contribution in [0.3, 0.4) is 0 Å². The van der Waals surface area contributed by atoms with Crippen molar-refractivity contribution >= 4 is 44.8 Å². The van der Waals surface area contributed by atoms with Gasteiger partial charge in [0.05, 0.1) is 17.0 Å². The second-order valence-electron chi connectivity index (χ2n) is 6.42. The zero-order valence-corrected chi connectivity index (χ0v) is 16.8. The lowest BCUT2D eigenvalue weighted by Crippen LogP contribution is -2.52. The number of piperidine rings is 1. The molecule has 0 radical (unpaired) electrons. The highest BCUT2D eigenvalue weighted by Crippen LogP contribution is 2.32. The van der Waals surface area contributed by atoms with Crippen LogP contribution in [0.4, 0.5) is 5.69 Å². The molecule has 1 saturated heterocycles. The summed E-state index contributed by atoms with van der Waals surface area (Å²) in [5, 5.41) is 3.51. The largest absolute Gasteiger partial charge is 0.351 e. The van der Waals surface area contributed by atoms with Gasteiger partial charge in [-0.05, 0) is 58.1 Å². The van der Waals surface area contributed by atoms with Crippen LogP contribution >= 0.6 is 23.2 Å². The second-order valence-corrected chi connectivity index (χ2v) is 9.12. The van der Waals surface area contributed by atoms with Crippen molar-refractivity contribution in [2.24, 2.45) is 0 Å². The first-order valence-electron chi connectivity index (χ1n) is 8.03. The summed E-state index contributed by atoms with van der Waals surface area (Å²) >= 11 is 12.1. The minimum Gasteiger partial charge on any atom is -0.351 e. The van der Waals surface area contributed by atoms with E-state index < -0.39 is 16.1 Å². The zero-order valence-electron chi connectivity index (χ0n) is 14.5. The number of carbonyl (C=O) groups is 1. The van der Waals surface area contributed by atoms with Crippen molar-refractivity contribution in [1.82, 2.24) is 10.2 Å². The van der Waals surface area contributed by atoms with Crippen LogP contribution in [0.2, 0.25) is 10.0 Å². The molecule has 0 spiro atoms. The van der Waals surface area contributed by atoms with Crippen molar-refractivity contribution in [3.8, 4) is 0 Å². The van der Waals surface area contributed by atoms with Gasteiger partial charge in [-0.3, -0.25) is 9.10 Å². The van der Waals surface area contributed by atoms with Gasteiger partial charge in [-0.25, -0.2) is 8.42 Å². The quantitative estimate of drug-likeness (QED) is 0.812. The van der Waals surface area contributed by atoms with E-state index in [1.807, 2.05) is 7.05 Å². The van der Waals surface area contributed by atoms with Crippen LogP contribution < -0.4 is 9.62 Å². The third kappa shape index (κ3) is 5.23. The van der Waals surface area contributed by atoms with Crippen LogP contribution in [-0.4, -0.2) is 57.7 Å². The lowest BCUT2D eigenvalue weighted by atomic mass is 10.1. The highest BCUT2D eigenvalue weighted by Gasteiger charge is 2.32. The molecule has 140 valence electrons. The Morgan fingerprint density at radius 2 is 1.92 bits per heavy atom. The van der Waals surface area contributed by atoms with Gasteiger partial charge in [0, 0.05) is 11.1 Å². The smallest absolute Gasteiger partial charge is 0.243 e. The fraction of sp³-hybridized carbons (Fsp3) is 0.562. The van der Waals surface area contributed by atoms with Crippen LogP contribution in [-0.2, 0) is 14.8 Å². The summed E-state index contributed by atoms with van der Waals surface area (Å²) in [5.41, 5.74) is 0.197. The Morgan fingerprint density at radius 3 is 2.48 bits per heavy atom. The van der Waals surface area contributed by atoms with Crippen LogP contribution in [0, 0.1) is 0 Å². The number of amides is 1. The molecule has 0 bridgehead atoms. The number of carbonyl (C=O) groups excluding carboxylic acids is 1. The SMILES string of the molecule is C[C@@H](C(=O)NC1CCN(C)CC1)N(c1cc(Cl)ccc1Cl)S(C)(=O)=O. The summed E-state index contributed by atoms with van der Waals surface area (Å²) in [7, 11) is -1.69. The van der Waals surface area contributed by atoms with Crippen molar-refractivity contribution < 1.29 is 13.2 Å². The van der Waals surface area contributed by atoms with Gasteiger partial charge in [-0.15, -0.1) is 0 Å². The number of hydrogen-bond donors (Lipinski definition) is 1. The number of hydrogen-bond acceptors (Lipinski definition) is 4. The summed E-state index contributed by atoms with van der Waals surface area (Å²) in [6, 6.07) is 3.63. The molecule has 1 N–H and O–H groups in total. The molecule has 0 aromatic heterocycles. The van der Waals surface area contributed by atoms with E-state index in [0.717, 1.165) is 36.5 Å². The topological polar surface area (TPSA) is 69.7 Å². The molecule has 6 nitrogen and oxygen atoms in total. The number of likely N-dealkylation sites (tertiary alicyclic amines) is 1. The first-order valence-corrected chi connectivity index (χ1v) is 10.6. The maximum atomic E-state index is 12.6. The van der Waals surface area contributed by atoms with Crippen molar-refractivity contribution in [2.75, 3.05) is 30.7 Å². The fourth-order valence-electron chi connectivity index (χ4n) is 2.91. The number of nitrogens with zero attached hydrogens (tertiary/aromatic N) is 2. The molecule has 25 heavy (non-hydrogen) atoms. The van der Waals surface area contributed by atoms with E-state index in [-0.39, 0.29) is 22.7 Å². The van der Waals surface area contributed by atoms with Crippen molar-refractivity contribution in [1.29, 1.82) is 0 Å². The average molecular weight is 408 g/mol. The Kier molecular flexibility index (Phi) is 6.59. The summed E-state index contributed by atoms with van der Waals surface area (Å²) < 4.78 is 25.6. The molecule has 0 saturated carbocycles. The first kappa shape index (κ1) is 20.3. The molecule has 0 aliphatic carbocycles. The van der Waals surface area contributed by atoms with Gasteiger partial charge < -0.3 is 10.2 Å². The molecule has 0 unspecified atom stereocenters. The minimum atomic E-state index is -3.73. The van der Waals surface area contributed by atoms with E-state index in [4.69, 9.17) is 23.2 Å². The van der Waals surface area contributed by atoms with E-state index in [1.54, 1.807) is 13.0 Å². The monoisotopic (exact) mass is 407 g/mol. The van der Waals surface area contributed by atoms with E-state index in [9.17, 15) is 13.2 Å². The Bertz CT molecular complexity index is 734. The van der Waals surface area contributed by atoms with Gasteiger partial charge in [0.25, 0.3) is 0 Å². The molecule has 1 heterocycles. The van der Waals surface area contributed by atoms with Crippen LogP contribution in [0.5, 0.6) is 0 Å². The Hall–Kier alpha value is -1.02. The zero-order chi connectivity index (χ0) is 18.8. The van der Waals surface area contributed by atoms with Crippen LogP contribution in [0.25, 0.3) is 0 Å². The lowest BCUT2D eigenvalue weighted by Gasteiger charge is -2.33. The average Bonchev–Trinajstić information content (AvgIpc) is 2.51. The molecule has 1 aromatic carbocycles. The van der Waals surface area contributed by atoms with Crippen molar-refractivity contribution in [3.05, 3.63) is 28.2 Å². The van der Waals surface area contributed by atoms with Gasteiger partial charge in [-0.2, -0.15) is 0 Å². The maximum Gasteiger partial charge on any atom is 0.243 e. The molecule has 1 fully saturated rings. The number of sulfonamides is 1. The van der Waals surface area contributed by atoms with E-state index in [0.29, 0.717) is 5.02 Å². The molecule has 1 aliphatic heterocycles. The number of anilines is 1. The number of halogens is 2. The standard InChI is InChI=1S/C16H23Cl2N3O3S/c1-11(16(22)19-13-6-8-20(2)9-7-13)21(25(3,23)24)15-10-12(17)4-5-14(15)18/h4-5,10-11,13H,6-9H2,1-3H3,(H,19,22)/t11-/m0/s1. The highest BCUT2D eigenvalue weighted by molar-refractivity contribution is 7.92. The molecule has 1 aliphatic rings. The third-order valence-electron chi connectivity index (χ3n) is 4.30. The van der Waals surface area contributed by atoms with Gasteiger partial charge in [0.2, 0.25) is 15.9 Å². The maximum absolute atomic E-state index is 12.6. The molecule has 9 heteroatoms. The predicted octanol–water partition coefficient (Wildman–Crippen LogP) is 2.36. The van der Waals surface area contributed by atoms with Gasteiger partial charge >= 0.3 is 0 Å². The summed E-state index contributed by atoms with van der Waals surface area (Å²) in [6.07, 6.45) is 2.72. The number of nitrogens with one attached hydrogen (secondary N) is 1. The normalized spacial score (nSPS) is 18.0. The summed E-state index contributed by atoms with van der Waals surface area (Å²) in [6.45, 7) is 3.34. The molecule has 1 aromatic rings. The lowest BCUT2D eigenvalue weighted by molar-refractivity contribution is -0.122. The van der Waals surface area contributed by atoms with Crippen molar-refractivity contribution in [2.45, 2.75) is 31.8 Å². The predicted molar refractivity (Wildman–Crippen MR) is 102 cm³/mol. The molecule has 1 atom stereocenters. The number of rotatable bonds is 5. The first-order chi connectivity index (χ1) is 11.6. The molecule has 1 amide bonds. The van der Waals surface area contributed by atoms with Crippen molar-refractivity contribution in [3.63, 3.8) is 0 Å². The van der Waals surface area contributed by atoms with E-state index in [2.05, 4.69) is 10.2 Å². The van der Waals surface area contributed by atoms with E-state index >= 15 is 0 Å². The minimum absolute atomic E-state index is 0.0439. The van der Waals surface area contributed by atoms with Crippen LogP contribution in [0.15, 0.2) is 18.2 Å². The highest BCUT2D eigenvalue weighted by atomic mass is 35.5. The molecular formula is C16H23Cl2N3O3S. The van der Waals surface area contributed by atoms with Gasteiger partial charge in [-0.1, -0.05) is 23.2 Å². The van der Waals surface area contributed by atoms with E-state index in [1.165, 1.54) is 12.1 Å². The second kappa shape index (κ2) is 8.12. The third-order valence-corrected chi connectivity index (χ3v) is 6.08. The molecular weight excluding hydrogens is 385 g/mol.